The first-order valence-electron chi connectivity index (χ1n) is 11.4. The zero-order valence-corrected chi connectivity index (χ0v) is 20.0. The van der Waals surface area contributed by atoms with Gasteiger partial charge in [-0.15, -0.1) is 0 Å². The number of carboxylic acids is 1. The summed E-state index contributed by atoms with van der Waals surface area (Å²) in [6.07, 6.45) is 0.745. The minimum atomic E-state index is -0.896. The van der Waals surface area contributed by atoms with Gasteiger partial charge in [-0.25, -0.2) is 0 Å². The molecule has 0 aliphatic rings. The van der Waals surface area contributed by atoms with E-state index in [0.717, 1.165) is 23.3 Å². The first-order chi connectivity index (χ1) is 16.2. The number of nitrogens with zero attached hydrogens (tertiary/aromatic N) is 1. The van der Waals surface area contributed by atoms with Crippen LogP contribution in [0.15, 0.2) is 60.7 Å². The lowest BCUT2D eigenvalue weighted by Crippen LogP contribution is -2.13. The van der Waals surface area contributed by atoms with Crippen LogP contribution < -0.4 is 4.74 Å². The van der Waals surface area contributed by atoms with Crippen LogP contribution >= 0.6 is 0 Å². The molecular weight excluding hydrogens is 426 g/mol. The number of rotatable bonds is 7. The summed E-state index contributed by atoms with van der Waals surface area (Å²) in [5.41, 5.74) is 7.86. The summed E-state index contributed by atoms with van der Waals surface area (Å²) in [6, 6.07) is 18.9. The van der Waals surface area contributed by atoms with Gasteiger partial charge in [0.15, 0.2) is 0 Å². The van der Waals surface area contributed by atoms with Crippen LogP contribution in [0, 0.1) is 27.7 Å². The molecular formula is C29H29NO4. The molecule has 4 rings (SSSR count). The van der Waals surface area contributed by atoms with E-state index < -0.39 is 5.97 Å². The van der Waals surface area contributed by atoms with Crippen LogP contribution in [0.25, 0.3) is 10.9 Å². The molecule has 0 aliphatic carbocycles. The van der Waals surface area contributed by atoms with Crippen molar-refractivity contribution >= 4 is 22.8 Å². The maximum atomic E-state index is 13.3. The average Bonchev–Trinajstić information content (AvgIpc) is 3.12. The number of ether oxygens (including phenoxy) is 1. The van der Waals surface area contributed by atoms with Gasteiger partial charge in [-0.1, -0.05) is 29.8 Å². The topological polar surface area (TPSA) is 68.5 Å². The third-order valence-electron chi connectivity index (χ3n) is 6.23. The van der Waals surface area contributed by atoms with Gasteiger partial charge >= 0.3 is 5.97 Å². The van der Waals surface area contributed by atoms with Gasteiger partial charge in [0.25, 0.3) is 5.91 Å². The molecule has 0 amide bonds. The van der Waals surface area contributed by atoms with Gasteiger partial charge in [0.2, 0.25) is 0 Å². The van der Waals surface area contributed by atoms with Crippen LogP contribution in [0.1, 0.15) is 43.9 Å². The number of carbonyl (C=O) groups excluding carboxylic acids is 1. The third kappa shape index (κ3) is 4.74. The Bertz CT molecular complexity index is 1360. The SMILES string of the molecule is Cc1cc(C)c(CCOc2ccc(C(=O)n3c(C)cc4c(CC(=O)O)cccc43)cc2)c(C)c1. The summed E-state index contributed by atoms with van der Waals surface area (Å²) in [5.74, 6) is -0.332. The van der Waals surface area contributed by atoms with Gasteiger partial charge < -0.3 is 9.84 Å². The number of fused-ring (bicyclic) bond motifs is 1. The van der Waals surface area contributed by atoms with Crippen molar-refractivity contribution in [1.29, 1.82) is 0 Å². The molecule has 0 fully saturated rings. The van der Waals surface area contributed by atoms with Crippen molar-refractivity contribution in [2.75, 3.05) is 6.61 Å². The van der Waals surface area contributed by atoms with Crippen molar-refractivity contribution < 1.29 is 19.4 Å². The quantitative estimate of drug-likeness (QED) is 0.382. The highest BCUT2D eigenvalue weighted by Crippen LogP contribution is 2.26. The number of hydrogen-bond acceptors (Lipinski definition) is 3. The van der Waals surface area contributed by atoms with Crippen molar-refractivity contribution in [3.8, 4) is 5.75 Å². The fourth-order valence-electron chi connectivity index (χ4n) is 4.71. The maximum absolute atomic E-state index is 13.3. The van der Waals surface area contributed by atoms with Crippen molar-refractivity contribution in [2.45, 2.75) is 40.5 Å². The van der Waals surface area contributed by atoms with Gasteiger partial charge in [-0.2, -0.15) is 0 Å². The lowest BCUT2D eigenvalue weighted by atomic mass is 9.98. The molecule has 4 aromatic rings. The fourth-order valence-corrected chi connectivity index (χ4v) is 4.71. The molecule has 1 aromatic heterocycles. The molecule has 1 heterocycles. The molecule has 174 valence electrons. The van der Waals surface area contributed by atoms with Crippen LogP contribution in [0.5, 0.6) is 5.75 Å². The predicted molar refractivity (Wildman–Crippen MR) is 134 cm³/mol. The van der Waals surface area contributed by atoms with E-state index in [1.165, 1.54) is 22.3 Å². The van der Waals surface area contributed by atoms with E-state index >= 15 is 0 Å². The van der Waals surface area contributed by atoms with Crippen LogP contribution in [-0.2, 0) is 17.6 Å². The van der Waals surface area contributed by atoms with E-state index in [1.807, 2.05) is 31.2 Å². The molecule has 0 saturated carbocycles. The van der Waals surface area contributed by atoms with Gasteiger partial charge in [0, 0.05) is 23.1 Å². The normalized spacial score (nSPS) is 11.1. The number of benzene rings is 3. The molecule has 1 N–H and O–H groups in total. The smallest absolute Gasteiger partial charge is 0.307 e. The number of hydrogen-bond donors (Lipinski definition) is 1. The van der Waals surface area contributed by atoms with Crippen LogP contribution in [-0.4, -0.2) is 28.2 Å². The van der Waals surface area contributed by atoms with Crippen molar-refractivity contribution in [3.05, 3.63) is 99.7 Å². The second-order valence-electron chi connectivity index (χ2n) is 8.85. The van der Waals surface area contributed by atoms with E-state index in [1.54, 1.807) is 28.8 Å². The van der Waals surface area contributed by atoms with Crippen molar-refractivity contribution in [2.24, 2.45) is 0 Å². The molecule has 0 aliphatic heterocycles. The van der Waals surface area contributed by atoms with Gasteiger partial charge in [-0.3, -0.25) is 14.2 Å². The Morgan fingerprint density at radius 2 is 1.59 bits per heavy atom. The Kier molecular flexibility index (Phi) is 6.55. The lowest BCUT2D eigenvalue weighted by Gasteiger charge is -2.13. The Morgan fingerprint density at radius 1 is 0.912 bits per heavy atom. The number of aliphatic carboxylic acids is 1. The zero-order valence-electron chi connectivity index (χ0n) is 20.0. The molecule has 0 radical (unpaired) electrons. The van der Waals surface area contributed by atoms with Gasteiger partial charge in [0.05, 0.1) is 18.5 Å². The van der Waals surface area contributed by atoms with E-state index in [0.29, 0.717) is 23.3 Å². The number of aromatic nitrogens is 1. The van der Waals surface area contributed by atoms with Crippen molar-refractivity contribution in [1.82, 2.24) is 4.57 Å². The fraction of sp³-hybridized carbons (Fsp3) is 0.241. The Hall–Kier alpha value is -3.86. The predicted octanol–water partition coefficient (Wildman–Crippen LogP) is 5.81. The minimum Gasteiger partial charge on any atom is -0.493 e. The van der Waals surface area contributed by atoms with E-state index in [-0.39, 0.29) is 12.3 Å². The summed E-state index contributed by atoms with van der Waals surface area (Å²) in [7, 11) is 0. The average molecular weight is 456 g/mol. The second-order valence-corrected chi connectivity index (χ2v) is 8.85. The highest BCUT2D eigenvalue weighted by Gasteiger charge is 2.17. The molecule has 34 heavy (non-hydrogen) atoms. The first-order valence-corrected chi connectivity index (χ1v) is 11.4. The molecule has 5 nitrogen and oxygen atoms in total. The zero-order chi connectivity index (χ0) is 24.4. The molecule has 0 saturated heterocycles. The summed E-state index contributed by atoms with van der Waals surface area (Å²) in [5, 5.41) is 9.98. The van der Waals surface area contributed by atoms with Crippen molar-refractivity contribution in [3.63, 3.8) is 0 Å². The van der Waals surface area contributed by atoms with Crippen LogP contribution in [0.4, 0.5) is 0 Å². The van der Waals surface area contributed by atoms with Crippen LogP contribution in [0.2, 0.25) is 0 Å². The lowest BCUT2D eigenvalue weighted by molar-refractivity contribution is -0.136. The molecule has 0 bridgehead atoms. The minimum absolute atomic E-state index is 0.0807. The Labute approximate surface area is 199 Å². The third-order valence-corrected chi connectivity index (χ3v) is 6.23. The van der Waals surface area contributed by atoms with E-state index in [4.69, 9.17) is 4.74 Å². The summed E-state index contributed by atoms with van der Waals surface area (Å²) in [6.45, 7) is 8.79. The Morgan fingerprint density at radius 3 is 2.24 bits per heavy atom. The number of carbonyl (C=O) groups is 2. The maximum Gasteiger partial charge on any atom is 0.307 e. The molecule has 5 heteroatoms. The molecule has 0 atom stereocenters. The molecule has 3 aromatic carbocycles. The second kappa shape index (κ2) is 9.56. The van der Waals surface area contributed by atoms with Crippen LogP contribution in [0.3, 0.4) is 0 Å². The monoisotopic (exact) mass is 455 g/mol. The molecule has 0 spiro atoms. The summed E-state index contributed by atoms with van der Waals surface area (Å²) < 4.78 is 7.59. The summed E-state index contributed by atoms with van der Waals surface area (Å²) in [4.78, 5) is 24.5. The van der Waals surface area contributed by atoms with E-state index in [2.05, 4.69) is 32.9 Å². The molecule has 0 unspecified atom stereocenters. The highest BCUT2D eigenvalue weighted by atomic mass is 16.5. The Balaban J connectivity index is 1.49. The van der Waals surface area contributed by atoms with Gasteiger partial charge in [0.1, 0.15) is 5.75 Å². The standard InChI is InChI=1S/C29H29NO4/c1-18-14-19(2)25(20(3)15-18)12-13-34-24-10-8-22(9-11-24)29(33)30-21(4)16-26-23(17-28(31)32)6-5-7-27(26)30/h5-11,14-16H,12-13,17H2,1-4H3,(H,31,32). The largest absolute Gasteiger partial charge is 0.493 e. The van der Waals surface area contributed by atoms with Gasteiger partial charge in [-0.05, 0) is 86.3 Å². The first kappa shape index (κ1) is 23.3. The number of carboxylic acid groups (broad SMARTS) is 1. The van der Waals surface area contributed by atoms with E-state index in [9.17, 15) is 14.7 Å². The number of aryl methyl sites for hydroxylation is 4. The summed E-state index contributed by atoms with van der Waals surface area (Å²) >= 11 is 0. The highest BCUT2D eigenvalue weighted by molar-refractivity contribution is 6.04.